The van der Waals surface area contributed by atoms with E-state index >= 15 is 0 Å². The first kappa shape index (κ1) is 24.0. The van der Waals surface area contributed by atoms with Crippen molar-refractivity contribution in [3.05, 3.63) is 60.1 Å². The van der Waals surface area contributed by atoms with E-state index in [-0.39, 0.29) is 17.0 Å². The van der Waals surface area contributed by atoms with Crippen molar-refractivity contribution in [1.82, 2.24) is 29.3 Å². The number of carbonyl (C=O) groups is 1. The lowest BCUT2D eigenvalue weighted by atomic mass is 9.90. The van der Waals surface area contributed by atoms with Gasteiger partial charge in [-0.05, 0) is 50.8 Å². The molecular formula is C26H26FN7OS. The van der Waals surface area contributed by atoms with Gasteiger partial charge < -0.3 is 4.90 Å². The van der Waals surface area contributed by atoms with Gasteiger partial charge in [-0.1, -0.05) is 11.8 Å². The molecule has 1 fully saturated rings. The smallest absolute Gasteiger partial charge is 0.219 e. The zero-order chi connectivity index (χ0) is 25.4. The number of likely N-dealkylation sites (tertiary alicyclic amines) is 1. The molecule has 1 saturated heterocycles. The van der Waals surface area contributed by atoms with Crippen molar-refractivity contribution in [1.29, 1.82) is 5.26 Å². The van der Waals surface area contributed by atoms with Gasteiger partial charge in [0.25, 0.3) is 0 Å². The number of nitrogens with zero attached hydrogens (tertiary/aromatic N) is 7. The number of pyridine rings is 2. The number of hydrogen-bond donors (Lipinski definition) is 0. The monoisotopic (exact) mass is 503 g/mol. The van der Waals surface area contributed by atoms with Crippen molar-refractivity contribution < 1.29 is 9.18 Å². The highest BCUT2D eigenvalue weighted by Crippen LogP contribution is 2.37. The molecule has 0 aliphatic carbocycles. The van der Waals surface area contributed by atoms with Gasteiger partial charge in [-0.3, -0.25) is 9.48 Å². The summed E-state index contributed by atoms with van der Waals surface area (Å²) in [6.07, 6.45) is 8.68. The second-order valence-corrected chi connectivity index (χ2v) is 10.2. The third-order valence-electron chi connectivity index (χ3n) is 7.04. The minimum Gasteiger partial charge on any atom is -0.343 e. The van der Waals surface area contributed by atoms with Crippen molar-refractivity contribution in [2.45, 2.75) is 49.6 Å². The van der Waals surface area contributed by atoms with Gasteiger partial charge in [-0.15, -0.1) is 0 Å². The number of nitriles is 1. The predicted octanol–water partition coefficient (Wildman–Crippen LogP) is 4.88. The topological polar surface area (TPSA) is 92.1 Å². The second-order valence-electron chi connectivity index (χ2n) is 9.12. The maximum atomic E-state index is 14.4. The molecule has 10 heteroatoms. The molecule has 36 heavy (non-hydrogen) atoms. The normalized spacial score (nSPS) is 15.2. The fourth-order valence-corrected chi connectivity index (χ4v) is 5.93. The summed E-state index contributed by atoms with van der Waals surface area (Å²) in [5.41, 5.74) is 3.87. The van der Waals surface area contributed by atoms with Crippen molar-refractivity contribution in [3.63, 3.8) is 0 Å². The first-order valence-corrected chi connectivity index (χ1v) is 12.7. The summed E-state index contributed by atoms with van der Waals surface area (Å²) in [6.45, 7) is 7.40. The molecule has 0 aromatic carbocycles. The van der Waals surface area contributed by atoms with Gasteiger partial charge in [0.05, 0.1) is 29.5 Å². The summed E-state index contributed by atoms with van der Waals surface area (Å²) in [4.78, 5) is 18.5. The minimum absolute atomic E-state index is 0.131. The molecule has 5 heterocycles. The first-order valence-electron chi connectivity index (χ1n) is 11.9. The van der Waals surface area contributed by atoms with Gasteiger partial charge in [0.15, 0.2) is 5.82 Å². The minimum atomic E-state index is -0.419. The number of carbonyl (C=O) groups excluding carboxylic acids is 1. The molecule has 1 aliphatic heterocycles. The highest BCUT2D eigenvalue weighted by molar-refractivity contribution is 7.99. The molecule has 0 saturated carbocycles. The Morgan fingerprint density at radius 2 is 2.06 bits per heavy atom. The molecule has 4 aromatic rings. The fourth-order valence-electron chi connectivity index (χ4n) is 4.96. The van der Waals surface area contributed by atoms with Crippen molar-refractivity contribution >= 4 is 23.2 Å². The maximum absolute atomic E-state index is 14.4. The summed E-state index contributed by atoms with van der Waals surface area (Å²) < 4.78 is 18.1. The van der Waals surface area contributed by atoms with Crippen LogP contribution in [0, 0.1) is 30.0 Å². The van der Waals surface area contributed by atoms with Crippen LogP contribution in [-0.2, 0) is 4.79 Å². The molecule has 5 rings (SSSR count). The van der Waals surface area contributed by atoms with E-state index in [0.29, 0.717) is 21.9 Å². The Balaban J connectivity index is 1.50. The molecular weight excluding hydrogens is 477 g/mol. The van der Waals surface area contributed by atoms with Gasteiger partial charge in [-0.2, -0.15) is 15.5 Å². The van der Waals surface area contributed by atoms with Crippen LogP contribution in [0.25, 0.3) is 16.6 Å². The van der Waals surface area contributed by atoms with Gasteiger partial charge in [0.2, 0.25) is 5.91 Å². The van der Waals surface area contributed by atoms with Crippen LogP contribution in [0.2, 0.25) is 0 Å². The second kappa shape index (κ2) is 9.74. The van der Waals surface area contributed by atoms with Crippen molar-refractivity contribution in [2.75, 3.05) is 13.1 Å². The van der Waals surface area contributed by atoms with Gasteiger partial charge in [-0.25, -0.2) is 13.9 Å². The average molecular weight is 504 g/mol. The van der Waals surface area contributed by atoms with Crippen LogP contribution >= 0.6 is 11.8 Å². The molecule has 4 aromatic heterocycles. The Hall–Kier alpha value is -3.71. The molecule has 1 aliphatic rings. The third kappa shape index (κ3) is 4.35. The van der Waals surface area contributed by atoms with E-state index in [9.17, 15) is 14.4 Å². The van der Waals surface area contributed by atoms with Crippen LogP contribution in [0.1, 0.15) is 44.0 Å². The number of halogens is 1. The lowest BCUT2D eigenvalue weighted by molar-refractivity contribution is -0.130. The summed E-state index contributed by atoms with van der Waals surface area (Å²) in [7, 11) is 0. The number of amides is 1. The molecule has 0 radical (unpaired) electrons. The van der Waals surface area contributed by atoms with Gasteiger partial charge in [0, 0.05) is 54.1 Å². The molecule has 0 unspecified atom stereocenters. The largest absolute Gasteiger partial charge is 0.343 e. The SMILES string of the molecule is CC(=O)N1CCC([C@@H](C)n2ncc(-c3cc(Sc4ncccc4F)c4c(C#N)cnn4c3)c2C)CC1. The van der Waals surface area contributed by atoms with Gasteiger partial charge in [0.1, 0.15) is 11.1 Å². The lowest BCUT2D eigenvalue weighted by Crippen LogP contribution is -2.39. The maximum Gasteiger partial charge on any atom is 0.219 e. The molecule has 8 nitrogen and oxygen atoms in total. The van der Waals surface area contributed by atoms with Crippen LogP contribution in [-0.4, -0.2) is 48.3 Å². The summed E-state index contributed by atoms with van der Waals surface area (Å²) in [6, 6.07) is 7.22. The highest BCUT2D eigenvalue weighted by Gasteiger charge is 2.28. The zero-order valence-electron chi connectivity index (χ0n) is 20.3. The molecule has 0 bridgehead atoms. The predicted molar refractivity (Wildman–Crippen MR) is 134 cm³/mol. The highest BCUT2D eigenvalue weighted by atomic mass is 32.2. The molecule has 0 spiro atoms. The van der Waals surface area contributed by atoms with Crippen LogP contribution in [0.5, 0.6) is 0 Å². The van der Waals surface area contributed by atoms with E-state index in [1.54, 1.807) is 23.7 Å². The van der Waals surface area contributed by atoms with E-state index in [1.165, 1.54) is 24.0 Å². The molecule has 1 atom stereocenters. The van der Waals surface area contributed by atoms with E-state index in [1.807, 2.05) is 30.3 Å². The number of hydrogen-bond acceptors (Lipinski definition) is 6. The molecule has 1 amide bonds. The zero-order valence-corrected chi connectivity index (χ0v) is 21.2. The van der Waals surface area contributed by atoms with Crippen molar-refractivity contribution in [3.8, 4) is 17.2 Å². The summed E-state index contributed by atoms with van der Waals surface area (Å²) in [5.74, 6) is 0.140. The number of aromatic nitrogens is 5. The van der Waals surface area contributed by atoms with E-state index in [4.69, 9.17) is 5.10 Å². The Kier molecular flexibility index (Phi) is 6.49. The number of piperidine rings is 1. The van der Waals surface area contributed by atoms with E-state index < -0.39 is 5.82 Å². The van der Waals surface area contributed by atoms with Crippen LogP contribution < -0.4 is 0 Å². The summed E-state index contributed by atoms with van der Waals surface area (Å²) >= 11 is 1.17. The van der Waals surface area contributed by atoms with Crippen molar-refractivity contribution in [2.24, 2.45) is 5.92 Å². The first-order chi connectivity index (χ1) is 17.4. The number of fused-ring (bicyclic) bond motifs is 1. The lowest BCUT2D eigenvalue weighted by Gasteiger charge is -2.34. The van der Waals surface area contributed by atoms with Crippen LogP contribution in [0.3, 0.4) is 0 Å². The fraction of sp³-hybridized carbons (Fsp3) is 0.346. The number of rotatable bonds is 5. The Morgan fingerprint density at radius 1 is 1.28 bits per heavy atom. The summed E-state index contributed by atoms with van der Waals surface area (Å²) in [5, 5.41) is 18.9. The standard InChI is InChI=1S/C26H26FN7OS/c1-16(19-6-9-32(10-7-19)18(3)35)34-17(2)22(14-31-34)20-11-24(36-26-23(27)5-4-8-29-26)25-21(12-28)13-30-33(25)15-20/h4-5,8,11,13-16,19H,6-7,9-10H2,1-3H3/t16-/m1/s1. The third-order valence-corrected chi connectivity index (χ3v) is 8.06. The average Bonchev–Trinajstić information content (AvgIpc) is 3.48. The Bertz CT molecular complexity index is 1480. The van der Waals surface area contributed by atoms with Crippen LogP contribution in [0.4, 0.5) is 4.39 Å². The van der Waals surface area contributed by atoms with Gasteiger partial charge >= 0.3 is 0 Å². The molecule has 0 N–H and O–H groups in total. The molecule has 184 valence electrons. The Labute approximate surface area is 212 Å². The Morgan fingerprint density at radius 3 is 2.75 bits per heavy atom. The van der Waals surface area contributed by atoms with Crippen LogP contribution in [0.15, 0.2) is 52.9 Å². The van der Waals surface area contributed by atoms with E-state index in [2.05, 4.69) is 27.8 Å². The van der Waals surface area contributed by atoms with E-state index in [0.717, 1.165) is 42.8 Å². The quantitative estimate of drug-likeness (QED) is 0.385.